The summed E-state index contributed by atoms with van der Waals surface area (Å²) in [4.78, 5) is 26.5. The van der Waals surface area contributed by atoms with Crippen LogP contribution in [-0.4, -0.2) is 75.6 Å². The summed E-state index contributed by atoms with van der Waals surface area (Å²) in [5.41, 5.74) is 2.78. The van der Waals surface area contributed by atoms with E-state index in [1.807, 2.05) is 39.8 Å². The van der Waals surface area contributed by atoms with Gasteiger partial charge in [-0.1, -0.05) is 63.3 Å². The maximum absolute atomic E-state index is 12.4. The van der Waals surface area contributed by atoms with Crippen LogP contribution >= 0.6 is 0 Å². The Labute approximate surface area is 245 Å². The standard InChI is InChI=1S/C30H47N5O5Si/c1-8-9-25(28(36)37)26(27-31-32-33-35(27)21-39-18-19-41(5,6)7)20-22-10-12-23(13-11-22)24-14-16-34(17-15-24)29(38)40-30(2,3)4/h10-14,25-26H,8-9,15-21H2,1-7H3,(H,36,37)/t25-,26-/m0/s1. The molecule has 2 atom stereocenters. The summed E-state index contributed by atoms with van der Waals surface area (Å²) in [7, 11) is -1.23. The number of ether oxygens (including phenoxy) is 2. The highest BCUT2D eigenvalue weighted by atomic mass is 28.3. The zero-order valence-electron chi connectivity index (χ0n) is 25.7. The molecule has 0 unspecified atom stereocenters. The second-order valence-corrected chi connectivity index (χ2v) is 18.7. The fraction of sp³-hybridized carbons (Fsp3) is 0.633. The molecule has 1 aliphatic heterocycles. The first-order chi connectivity index (χ1) is 19.3. The Bertz CT molecular complexity index is 1180. The van der Waals surface area contributed by atoms with E-state index in [0.29, 0.717) is 38.4 Å². The second-order valence-electron chi connectivity index (χ2n) is 13.0. The smallest absolute Gasteiger partial charge is 0.410 e. The van der Waals surface area contributed by atoms with Crippen LogP contribution in [0.4, 0.5) is 4.79 Å². The lowest BCUT2D eigenvalue weighted by Crippen LogP contribution is -2.39. The number of rotatable bonds is 13. The van der Waals surface area contributed by atoms with Gasteiger partial charge in [-0.15, -0.1) is 5.10 Å². The fourth-order valence-electron chi connectivity index (χ4n) is 4.85. The molecule has 2 aromatic rings. The molecule has 3 rings (SSSR count). The van der Waals surface area contributed by atoms with Crippen molar-refractivity contribution in [3.05, 3.63) is 47.3 Å². The summed E-state index contributed by atoms with van der Waals surface area (Å²) in [5.74, 6) is -1.32. The number of benzene rings is 1. The Morgan fingerprint density at radius 2 is 1.85 bits per heavy atom. The molecule has 0 fully saturated rings. The van der Waals surface area contributed by atoms with Crippen molar-refractivity contribution in [1.29, 1.82) is 0 Å². The number of hydrogen-bond donors (Lipinski definition) is 1. The van der Waals surface area contributed by atoms with Crippen molar-refractivity contribution < 1.29 is 24.2 Å². The number of carboxylic acids is 1. The number of carbonyl (C=O) groups is 2. The fourth-order valence-corrected chi connectivity index (χ4v) is 5.61. The maximum atomic E-state index is 12.4. The van der Waals surface area contributed by atoms with Gasteiger partial charge in [0, 0.05) is 33.7 Å². The molecule has 1 aliphatic rings. The number of carbonyl (C=O) groups excluding carboxylic acids is 1. The SMILES string of the molecule is CCC[C@H](C(=O)O)[C@H](Cc1ccc(C2=CCN(C(=O)OC(C)(C)C)CC2)cc1)c1nnnn1COCC[Si](C)(C)C. The van der Waals surface area contributed by atoms with Crippen LogP contribution in [0.25, 0.3) is 5.57 Å². The molecule has 226 valence electrons. The molecule has 10 nitrogen and oxygen atoms in total. The first-order valence-electron chi connectivity index (χ1n) is 14.6. The van der Waals surface area contributed by atoms with E-state index in [2.05, 4.69) is 53.4 Å². The minimum atomic E-state index is -1.23. The lowest BCUT2D eigenvalue weighted by atomic mass is 9.83. The van der Waals surface area contributed by atoms with Gasteiger partial charge in [-0.25, -0.2) is 9.48 Å². The number of hydrogen-bond acceptors (Lipinski definition) is 7. The van der Waals surface area contributed by atoms with E-state index >= 15 is 0 Å². The molecule has 0 bridgehead atoms. The van der Waals surface area contributed by atoms with E-state index < -0.39 is 31.5 Å². The molecule has 0 saturated heterocycles. The Morgan fingerprint density at radius 1 is 1.15 bits per heavy atom. The van der Waals surface area contributed by atoms with Crippen molar-refractivity contribution in [3.63, 3.8) is 0 Å². The Morgan fingerprint density at radius 3 is 2.41 bits per heavy atom. The molecule has 0 aliphatic carbocycles. The van der Waals surface area contributed by atoms with Crippen LogP contribution in [0, 0.1) is 5.92 Å². The molecule has 0 radical (unpaired) electrons. The third-order valence-corrected chi connectivity index (χ3v) is 8.85. The van der Waals surface area contributed by atoms with Gasteiger partial charge in [-0.3, -0.25) is 4.79 Å². The van der Waals surface area contributed by atoms with Gasteiger partial charge in [0.1, 0.15) is 12.3 Å². The first kappa shape index (κ1) is 32.5. The maximum Gasteiger partial charge on any atom is 0.410 e. The van der Waals surface area contributed by atoms with Crippen LogP contribution in [0.15, 0.2) is 30.3 Å². The van der Waals surface area contributed by atoms with Crippen LogP contribution < -0.4 is 0 Å². The molecule has 0 saturated carbocycles. The van der Waals surface area contributed by atoms with Crippen LogP contribution in [0.2, 0.25) is 25.7 Å². The van der Waals surface area contributed by atoms with E-state index in [0.717, 1.165) is 30.0 Å². The molecule has 2 heterocycles. The lowest BCUT2D eigenvalue weighted by molar-refractivity contribution is -0.143. The Balaban J connectivity index is 1.74. The molecule has 0 spiro atoms. The highest BCUT2D eigenvalue weighted by Gasteiger charge is 2.33. The van der Waals surface area contributed by atoms with Crippen LogP contribution in [0.1, 0.15) is 69.8 Å². The van der Waals surface area contributed by atoms with Crippen molar-refractivity contribution in [2.45, 2.75) is 97.3 Å². The molecule has 11 heteroatoms. The van der Waals surface area contributed by atoms with Crippen molar-refractivity contribution >= 4 is 25.7 Å². The van der Waals surface area contributed by atoms with E-state index in [9.17, 15) is 14.7 Å². The minimum Gasteiger partial charge on any atom is -0.481 e. The molecule has 1 aromatic heterocycles. The molecule has 41 heavy (non-hydrogen) atoms. The van der Waals surface area contributed by atoms with E-state index in [-0.39, 0.29) is 12.8 Å². The second kappa shape index (κ2) is 14.2. The van der Waals surface area contributed by atoms with Crippen LogP contribution in [0.5, 0.6) is 0 Å². The van der Waals surface area contributed by atoms with Crippen molar-refractivity contribution in [2.24, 2.45) is 5.92 Å². The van der Waals surface area contributed by atoms with Crippen molar-refractivity contribution in [3.8, 4) is 0 Å². The largest absolute Gasteiger partial charge is 0.481 e. The number of aromatic nitrogens is 4. The van der Waals surface area contributed by atoms with Gasteiger partial charge >= 0.3 is 12.1 Å². The molecular formula is C30H47N5O5Si. The van der Waals surface area contributed by atoms with Gasteiger partial charge < -0.3 is 19.5 Å². The number of nitrogens with zero attached hydrogens (tertiary/aromatic N) is 5. The molecule has 1 aromatic carbocycles. The van der Waals surface area contributed by atoms with Gasteiger partial charge in [0.15, 0.2) is 5.82 Å². The summed E-state index contributed by atoms with van der Waals surface area (Å²) in [5, 5.41) is 22.4. The first-order valence-corrected chi connectivity index (χ1v) is 18.3. The van der Waals surface area contributed by atoms with Gasteiger partial charge in [0.25, 0.3) is 0 Å². The van der Waals surface area contributed by atoms with Gasteiger partial charge in [0.05, 0.1) is 5.92 Å². The normalized spacial score (nSPS) is 15.8. The third-order valence-electron chi connectivity index (χ3n) is 7.14. The molecule has 1 N–H and O–H groups in total. The number of aliphatic carboxylic acids is 1. The monoisotopic (exact) mass is 585 g/mol. The predicted molar refractivity (Wildman–Crippen MR) is 161 cm³/mol. The summed E-state index contributed by atoms with van der Waals surface area (Å²) in [6.45, 7) is 16.4. The van der Waals surface area contributed by atoms with Crippen molar-refractivity contribution in [1.82, 2.24) is 25.1 Å². The lowest BCUT2D eigenvalue weighted by Gasteiger charge is -2.29. The number of carboxylic acid groups (broad SMARTS) is 1. The molecule has 1 amide bonds. The molecular weight excluding hydrogens is 538 g/mol. The summed E-state index contributed by atoms with van der Waals surface area (Å²) in [6, 6.07) is 9.27. The average molecular weight is 586 g/mol. The van der Waals surface area contributed by atoms with E-state index in [4.69, 9.17) is 9.47 Å². The van der Waals surface area contributed by atoms with E-state index in [1.54, 1.807) is 9.58 Å². The number of tetrazole rings is 1. The predicted octanol–water partition coefficient (Wildman–Crippen LogP) is 5.84. The topological polar surface area (TPSA) is 120 Å². The van der Waals surface area contributed by atoms with Gasteiger partial charge in [-0.2, -0.15) is 0 Å². The highest BCUT2D eigenvalue weighted by Crippen LogP contribution is 2.32. The Kier molecular flexibility index (Phi) is 11.3. The third kappa shape index (κ3) is 10.1. The summed E-state index contributed by atoms with van der Waals surface area (Å²) < 4.78 is 13.0. The van der Waals surface area contributed by atoms with Crippen LogP contribution in [-0.2, 0) is 27.4 Å². The van der Waals surface area contributed by atoms with E-state index in [1.165, 1.54) is 5.57 Å². The van der Waals surface area contributed by atoms with Gasteiger partial charge in [0.2, 0.25) is 0 Å². The highest BCUT2D eigenvalue weighted by molar-refractivity contribution is 6.76. The average Bonchev–Trinajstić information content (AvgIpc) is 3.36. The van der Waals surface area contributed by atoms with Crippen molar-refractivity contribution in [2.75, 3.05) is 19.7 Å². The summed E-state index contributed by atoms with van der Waals surface area (Å²) in [6.07, 6.45) is 4.29. The zero-order chi connectivity index (χ0) is 30.2. The van der Waals surface area contributed by atoms with Crippen LogP contribution in [0.3, 0.4) is 0 Å². The Hall–Kier alpha value is -3.05. The number of amides is 1. The zero-order valence-corrected chi connectivity index (χ0v) is 26.7. The quantitative estimate of drug-likeness (QED) is 0.230. The van der Waals surface area contributed by atoms with Gasteiger partial charge in [-0.05, 0) is 73.2 Å². The summed E-state index contributed by atoms with van der Waals surface area (Å²) >= 11 is 0. The minimum absolute atomic E-state index is 0.204.